The molecule has 0 unspecified atom stereocenters. The fourth-order valence-electron chi connectivity index (χ4n) is 1.45. The molecule has 0 radical (unpaired) electrons. The van der Waals surface area contributed by atoms with E-state index in [0.29, 0.717) is 12.8 Å². The zero-order chi connectivity index (χ0) is 12.8. The van der Waals surface area contributed by atoms with Crippen LogP contribution in [0.2, 0.25) is 0 Å². The summed E-state index contributed by atoms with van der Waals surface area (Å²) in [6.07, 6.45) is 3.23. The second-order valence-corrected chi connectivity index (χ2v) is 6.05. The number of carbonyl (C=O) groups excluding carboxylic acids is 2. The molecule has 0 bridgehead atoms. The smallest absolute Gasteiger partial charge is 0.249 e. The van der Waals surface area contributed by atoms with Gasteiger partial charge in [-0.3, -0.25) is 9.59 Å². The molecule has 0 aromatic heterocycles. The molecule has 0 N–H and O–H groups in total. The van der Waals surface area contributed by atoms with E-state index in [4.69, 9.17) is 34.8 Å². The second kappa shape index (κ2) is 7.52. The van der Waals surface area contributed by atoms with Gasteiger partial charge in [0.05, 0.1) is 5.92 Å². The number of unbranched alkanes of at least 4 members (excludes halogenated alkanes) is 1. The summed E-state index contributed by atoms with van der Waals surface area (Å²) in [6.45, 7) is 3.88. The van der Waals surface area contributed by atoms with Crippen LogP contribution in [0.3, 0.4) is 0 Å². The van der Waals surface area contributed by atoms with Crippen LogP contribution in [0.5, 0.6) is 0 Å². The van der Waals surface area contributed by atoms with Crippen LogP contribution in [0, 0.1) is 5.92 Å². The zero-order valence-electron chi connectivity index (χ0n) is 9.56. The molecule has 0 aliphatic carbocycles. The van der Waals surface area contributed by atoms with Crippen molar-refractivity contribution in [2.45, 2.75) is 49.7 Å². The number of ketones is 2. The lowest BCUT2D eigenvalue weighted by molar-refractivity contribution is -0.132. The van der Waals surface area contributed by atoms with E-state index in [1.165, 1.54) is 0 Å². The first kappa shape index (κ1) is 16.2. The largest absolute Gasteiger partial charge is 0.299 e. The zero-order valence-corrected chi connectivity index (χ0v) is 11.8. The molecule has 0 aromatic carbocycles. The van der Waals surface area contributed by atoms with Gasteiger partial charge >= 0.3 is 0 Å². The molecule has 16 heavy (non-hydrogen) atoms. The molecule has 0 saturated heterocycles. The van der Waals surface area contributed by atoms with Crippen molar-refractivity contribution in [1.82, 2.24) is 0 Å². The highest BCUT2D eigenvalue weighted by molar-refractivity contribution is 6.76. The van der Waals surface area contributed by atoms with Gasteiger partial charge in [0.1, 0.15) is 5.78 Å². The summed E-state index contributed by atoms with van der Waals surface area (Å²) >= 11 is 16.6. The van der Waals surface area contributed by atoms with E-state index < -0.39 is 15.5 Å². The molecular formula is C11H17Cl3O2. The number of carbonyl (C=O) groups is 2. The molecule has 1 atom stereocenters. The molecular weight excluding hydrogens is 270 g/mol. The van der Waals surface area contributed by atoms with Gasteiger partial charge in [0.25, 0.3) is 0 Å². The van der Waals surface area contributed by atoms with E-state index in [1.54, 1.807) is 0 Å². The summed E-state index contributed by atoms with van der Waals surface area (Å²) in [5.41, 5.74) is 0. The fraction of sp³-hybridized carbons (Fsp3) is 0.818. The molecule has 0 amide bonds. The summed E-state index contributed by atoms with van der Waals surface area (Å²) < 4.78 is -1.98. The van der Waals surface area contributed by atoms with Crippen LogP contribution < -0.4 is 0 Å². The Morgan fingerprint density at radius 2 is 1.69 bits per heavy atom. The highest BCUT2D eigenvalue weighted by Crippen LogP contribution is 2.32. The normalized spacial score (nSPS) is 13.6. The third-order valence-corrected chi connectivity index (χ3v) is 2.90. The van der Waals surface area contributed by atoms with Crippen LogP contribution in [-0.2, 0) is 9.59 Å². The Morgan fingerprint density at radius 3 is 2.06 bits per heavy atom. The quantitative estimate of drug-likeness (QED) is 0.522. The summed E-state index contributed by atoms with van der Waals surface area (Å²) in [5.74, 6) is -1.47. The van der Waals surface area contributed by atoms with Crippen LogP contribution in [-0.4, -0.2) is 15.4 Å². The minimum atomic E-state index is -1.98. The lowest BCUT2D eigenvalue weighted by atomic mass is 9.91. The maximum absolute atomic E-state index is 11.8. The van der Waals surface area contributed by atoms with Gasteiger partial charge in [-0.2, -0.15) is 0 Å². The van der Waals surface area contributed by atoms with Crippen molar-refractivity contribution < 1.29 is 9.59 Å². The SMILES string of the molecule is CCCCC(=O)[C@@H](CCC)C(=O)C(Cl)(Cl)Cl. The van der Waals surface area contributed by atoms with E-state index in [-0.39, 0.29) is 5.78 Å². The molecule has 0 aromatic rings. The number of alkyl halides is 3. The van der Waals surface area contributed by atoms with Crippen LogP contribution >= 0.6 is 34.8 Å². The van der Waals surface area contributed by atoms with Gasteiger partial charge in [0.15, 0.2) is 5.78 Å². The Bertz CT molecular complexity index is 246. The third-order valence-electron chi connectivity index (χ3n) is 2.34. The van der Waals surface area contributed by atoms with Gasteiger partial charge in [-0.05, 0) is 12.8 Å². The van der Waals surface area contributed by atoms with Crippen molar-refractivity contribution in [2.24, 2.45) is 5.92 Å². The van der Waals surface area contributed by atoms with Gasteiger partial charge in [0, 0.05) is 6.42 Å². The van der Waals surface area contributed by atoms with Gasteiger partial charge in [-0.25, -0.2) is 0 Å². The molecule has 0 aliphatic rings. The summed E-state index contributed by atoms with van der Waals surface area (Å²) in [6, 6.07) is 0. The molecule has 0 spiro atoms. The Kier molecular flexibility index (Phi) is 7.62. The summed E-state index contributed by atoms with van der Waals surface area (Å²) in [5, 5.41) is 0. The number of rotatable bonds is 7. The van der Waals surface area contributed by atoms with Crippen molar-refractivity contribution in [1.29, 1.82) is 0 Å². The molecule has 2 nitrogen and oxygen atoms in total. The summed E-state index contributed by atoms with van der Waals surface area (Å²) in [4.78, 5) is 23.5. The van der Waals surface area contributed by atoms with Crippen molar-refractivity contribution in [3.8, 4) is 0 Å². The molecule has 94 valence electrons. The number of Topliss-reactive ketones (excluding diaryl/α,β-unsaturated/α-hetero) is 2. The van der Waals surface area contributed by atoms with Crippen molar-refractivity contribution >= 4 is 46.4 Å². The topological polar surface area (TPSA) is 34.1 Å². The predicted molar refractivity (Wildman–Crippen MR) is 68.2 cm³/mol. The van der Waals surface area contributed by atoms with Crippen LogP contribution in [0.4, 0.5) is 0 Å². The molecule has 0 rings (SSSR count). The van der Waals surface area contributed by atoms with Crippen LogP contribution in [0.15, 0.2) is 0 Å². The second-order valence-electron chi connectivity index (χ2n) is 3.77. The van der Waals surface area contributed by atoms with Gasteiger partial charge in [-0.1, -0.05) is 61.5 Å². The van der Waals surface area contributed by atoms with Crippen molar-refractivity contribution in [2.75, 3.05) is 0 Å². The Hall–Kier alpha value is 0.210. The first-order valence-electron chi connectivity index (χ1n) is 5.48. The van der Waals surface area contributed by atoms with Crippen LogP contribution in [0.1, 0.15) is 46.0 Å². The first-order chi connectivity index (χ1) is 7.34. The first-order valence-corrected chi connectivity index (χ1v) is 6.61. The fourth-order valence-corrected chi connectivity index (χ4v) is 1.84. The predicted octanol–water partition coefficient (Wildman–Crippen LogP) is 4.10. The number of hydrogen-bond acceptors (Lipinski definition) is 2. The minimum Gasteiger partial charge on any atom is -0.299 e. The number of hydrogen-bond donors (Lipinski definition) is 0. The number of halogens is 3. The highest BCUT2D eigenvalue weighted by atomic mass is 35.6. The lowest BCUT2D eigenvalue weighted by Gasteiger charge is -2.18. The molecule has 5 heteroatoms. The van der Waals surface area contributed by atoms with Gasteiger partial charge < -0.3 is 0 Å². The molecule has 0 aliphatic heterocycles. The van der Waals surface area contributed by atoms with E-state index >= 15 is 0 Å². The molecule has 0 fully saturated rings. The standard InChI is InChI=1S/C11H17Cl3O2/c1-3-5-7-9(15)8(6-4-2)10(16)11(12,13)14/h8H,3-7H2,1-2H3/t8-/m1/s1. The third kappa shape index (κ3) is 5.51. The van der Waals surface area contributed by atoms with Crippen molar-refractivity contribution in [3.05, 3.63) is 0 Å². The molecule has 0 saturated carbocycles. The maximum Gasteiger partial charge on any atom is 0.249 e. The summed E-state index contributed by atoms with van der Waals surface area (Å²) in [7, 11) is 0. The van der Waals surface area contributed by atoms with Gasteiger partial charge in [-0.15, -0.1) is 0 Å². The van der Waals surface area contributed by atoms with E-state index in [0.717, 1.165) is 19.3 Å². The maximum atomic E-state index is 11.8. The lowest BCUT2D eigenvalue weighted by Crippen LogP contribution is -2.33. The van der Waals surface area contributed by atoms with Crippen LogP contribution in [0.25, 0.3) is 0 Å². The average Bonchev–Trinajstić information content (AvgIpc) is 2.20. The van der Waals surface area contributed by atoms with Gasteiger partial charge in [0.2, 0.25) is 3.79 Å². The Labute approximate surface area is 112 Å². The monoisotopic (exact) mass is 286 g/mol. The molecule has 0 heterocycles. The Balaban J connectivity index is 4.60. The average molecular weight is 288 g/mol. The van der Waals surface area contributed by atoms with E-state index in [9.17, 15) is 9.59 Å². The van der Waals surface area contributed by atoms with E-state index in [2.05, 4.69) is 0 Å². The highest BCUT2D eigenvalue weighted by Gasteiger charge is 2.39. The van der Waals surface area contributed by atoms with E-state index in [1.807, 2.05) is 13.8 Å². The minimum absolute atomic E-state index is 0.111. The Morgan fingerprint density at radius 1 is 1.12 bits per heavy atom. The van der Waals surface area contributed by atoms with Crippen molar-refractivity contribution in [3.63, 3.8) is 0 Å².